The minimum absolute atomic E-state index is 0.116. The van der Waals surface area contributed by atoms with Gasteiger partial charge in [0.05, 0.1) is 11.4 Å². The van der Waals surface area contributed by atoms with Gasteiger partial charge in [0.25, 0.3) is 0 Å². The number of anilines is 3. The summed E-state index contributed by atoms with van der Waals surface area (Å²) in [7, 11) is 4.04. The number of aryl methyl sites for hydroxylation is 1. The first-order valence-corrected chi connectivity index (χ1v) is 11.1. The fourth-order valence-corrected chi connectivity index (χ4v) is 4.81. The molecule has 0 bridgehead atoms. The van der Waals surface area contributed by atoms with Crippen LogP contribution in [0, 0.1) is 5.82 Å². The van der Waals surface area contributed by atoms with E-state index in [1.165, 1.54) is 29.4 Å². The molecule has 2 aliphatic rings. The van der Waals surface area contributed by atoms with Gasteiger partial charge in [-0.15, -0.1) is 0 Å². The van der Waals surface area contributed by atoms with Gasteiger partial charge in [0.15, 0.2) is 0 Å². The van der Waals surface area contributed by atoms with Gasteiger partial charge in [0.2, 0.25) is 5.95 Å². The Balaban J connectivity index is 1.45. The lowest BCUT2D eigenvalue weighted by molar-refractivity contribution is 0.248. The van der Waals surface area contributed by atoms with Crippen LogP contribution in [0.2, 0.25) is 0 Å². The number of fused-ring (bicyclic) bond motifs is 1. The van der Waals surface area contributed by atoms with Crippen LogP contribution in [0.1, 0.15) is 49.8 Å². The summed E-state index contributed by atoms with van der Waals surface area (Å²) in [6, 6.07) is 5.77. The summed E-state index contributed by atoms with van der Waals surface area (Å²) in [5.74, 6) is 1.24. The maximum atomic E-state index is 14.3. The van der Waals surface area contributed by atoms with Crippen molar-refractivity contribution in [1.82, 2.24) is 9.97 Å². The van der Waals surface area contributed by atoms with E-state index in [1.807, 2.05) is 14.1 Å². The average molecular weight is 427 g/mol. The van der Waals surface area contributed by atoms with E-state index < -0.39 is 11.8 Å². The summed E-state index contributed by atoms with van der Waals surface area (Å²) in [4.78, 5) is 25.2. The number of nitrogens with two attached hydrogens (primary N) is 1. The molecule has 1 fully saturated rings. The molecule has 0 spiro atoms. The minimum atomic E-state index is -0.616. The molecule has 4 rings (SSSR count). The molecule has 0 radical (unpaired) electrons. The first-order chi connectivity index (χ1) is 14.9. The number of aromatic nitrogens is 2. The largest absolute Gasteiger partial charge is 0.362 e. The summed E-state index contributed by atoms with van der Waals surface area (Å²) in [5, 5.41) is 3.51. The molecule has 7 nitrogen and oxygen atoms in total. The van der Waals surface area contributed by atoms with Crippen molar-refractivity contribution in [3.05, 3.63) is 41.3 Å². The Morgan fingerprint density at radius 1 is 1.10 bits per heavy atom. The summed E-state index contributed by atoms with van der Waals surface area (Å²) < 4.78 is 14.3. The van der Waals surface area contributed by atoms with Crippen molar-refractivity contribution in [1.29, 1.82) is 0 Å². The number of amides is 2. The highest BCUT2D eigenvalue weighted by atomic mass is 19.1. The quantitative estimate of drug-likeness (QED) is 0.758. The van der Waals surface area contributed by atoms with Gasteiger partial charge in [0.1, 0.15) is 11.6 Å². The molecule has 31 heavy (non-hydrogen) atoms. The number of hydrogen-bond donors (Lipinski definition) is 2. The van der Waals surface area contributed by atoms with Crippen LogP contribution in [0.15, 0.2) is 24.3 Å². The predicted molar refractivity (Wildman–Crippen MR) is 121 cm³/mol. The Morgan fingerprint density at radius 2 is 1.81 bits per heavy atom. The molecule has 0 unspecified atom stereocenters. The second kappa shape index (κ2) is 9.08. The Morgan fingerprint density at radius 3 is 2.48 bits per heavy atom. The molecular weight excluding hydrogens is 395 g/mol. The van der Waals surface area contributed by atoms with Crippen molar-refractivity contribution in [2.45, 2.75) is 63.5 Å². The molecule has 1 aromatic carbocycles. The van der Waals surface area contributed by atoms with Gasteiger partial charge in [-0.25, -0.2) is 14.2 Å². The number of primary amides is 1. The molecular formula is C23H31FN6O. The number of benzene rings is 1. The van der Waals surface area contributed by atoms with Crippen LogP contribution in [-0.4, -0.2) is 42.2 Å². The minimum Gasteiger partial charge on any atom is -0.362 e. The lowest BCUT2D eigenvalue weighted by Crippen LogP contribution is -2.47. The number of urea groups is 1. The Bertz CT molecular complexity index is 942. The monoisotopic (exact) mass is 426 g/mol. The zero-order valence-electron chi connectivity index (χ0n) is 18.3. The molecule has 2 amide bonds. The average Bonchev–Trinajstić information content (AvgIpc) is 2.75. The molecule has 1 heterocycles. The summed E-state index contributed by atoms with van der Waals surface area (Å²) in [6.45, 7) is 0. The molecule has 8 heteroatoms. The lowest BCUT2D eigenvalue weighted by atomic mass is 9.90. The standard InChI is InChI=1S/C23H31FN6O/c1-29(2)21-17-7-3-5-9-19(17)27-23(28-21)26-15-11-13-16(14-12-15)30(22(25)31)20-10-6-4-8-18(20)24/h4,6,8,10,15-16H,3,5,7,9,11-14H2,1-2H3,(H2,25,31)(H,26,27,28)/t15-,16+. The number of nitrogens with one attached hydrogen (secondary N) is 1. The summed E-state index contributed by atoms with van der Waals surface area (Å²) in [5.41, 5.74) is 8.29. The van der Waals surface area contributed by atoms with Gasteiger partial charge >= 0.3 is 6.03 Å². The highest BCUT2D eigenvalue weighted by Gasteiger charge is 2.31. The number of carbonyl (C=O) groups excluding carboxylic acids is 1. The summed E-state index contributed by atoms with van der Waals surface area (Å²) >= 11 is 0. The second-order valence-corrected chi connectivity index (χ2v) is 8.71. The van der Waals surface area contributed by atoms with E-state index in [-0.39, 0.29) is 17.8 Å². The number of hydrogen-bond acceptors (Lipinski definition) is 5. The van der Waals surface area contributed by atoms with Crippen molar-refractivity contribution in [2.24, 2.45) is 5.73 Å². The molecule has 1 aromatic heterocycles. The van der Waals surface area contributed by atoms with E-state index in [2.05, 4.69) is 10.2 Å². The molecule has 1 saturated carbocycles. The third-order valence-corrected chi connectivity index (χ3v) is 6.33. The SMILES string of the molecule is CN(C)c1nc(N[C@H]2CC[C@@H](N(C(N)=O)c3ccccc3F)CC2)nc2c1CCCC2. The van der Waals surface area contributed by atoms with Gasteiger partial charge in [-0.05, 0) is 63.5 Å². The highest BCUT2D eigenvalue weighted by Crippen LogP contribution is 2.32. The zero-order chi connectivity index (χ0) is 22.0. The molecule has 3 N–H and O–H groups in total. The zero-order valence-corrected chi connectivity index (χ0v) is 18.3. The van der Waals surface area contributed by atoms with Crippen LogP contribution < -0.4 is 20.9 Å². The van der Waals surface area contributed by atoms with Gasteiger partial charge in [-0.2, -0.15) is 4.98 Å². The normalized spacial score (nSPS) is 20.6. The Kier molecular flexibility index (Phi) is 6.25. The van der Waals surface area contributed by atoms with Crippen LogP contribution in [0.25, 0.3) is 0 Å². The third-order valence-electron chi connectivity index (χ3n) is 6.33. The number of para-hydroxylation sites is 1. The second-order valence-electron chi connectivity index (χ2n) is 8.71. The molecule has 0 atom stereocenters. The third kappa shape index (κ3) is 4.57. The maximum Gasteiger partial charge on any atom is 0.319 e. The van der Waals surface area contributed by atoms with E-state index in [0.717, 1.165) is 50.0 Å². The van der Waals surface area contributed by atoms with Crippen molar-refractivity contribution in [3.63, 3.8) is 0 Å². The van der Waals surface area contributed by atoms with Crippen molar-refractivity contribution in [2.75, 3.05) is 29.2 Å². The van der Waals surface area contributed by atoms with Crippen LogP contribution in [-0.2, 0) is 12.8 Å². The fourth-order valence-electron chi connectivity index (χ4n) is 4.81. The Labute approximate surface area is 182 Å². The Hall–Kier alpha value is -2.90. The van der Waals surface area contributed by atoms with Crippen LogP contribution in [0.5, 0.6) is 0 Å². The van der Waals surface area contributed by atoms with Crippen molar-refractivity contribution < 1.29 is 9.18 Å². The lowest BCUT2D eigenvalue weighted by Gasteiger charge is -2.36. The summed E-state index contributed by atoms with van der Waals surface area (Å²) in [6.07, 6.45) is 7.53. The first kappa shape index (κ1) is 21.3. The molecule has 0 aliphatic heterocycles. The van der Waals surface area contributed by atoms with E-state index in [0.29, 0.717) is 5.95 Å². The number of rotatable bonds is 5. The highest BCUT2D eigenvalue weighted by molar-refractivity contribution is 5.91. The van der Waals surface area contributed by atoms with Crippen LogP contribution >= 0.6 is 0 Å². The van der Waals surface area contributed by atoms with E-state index in [4.69, 9.17) is 15.7 Å². The molecule has 166 valence electrons. The van der Waals surface area contributed by atoms with Crippen molar-refractivity contribution in [3.8, 4) is 0 Å². The van der Waals surface area contributed by atoms with Gasteiger partial charge in [-0.1, -0.05) is 12.1 Å². The van der Waals surface area contributed by atoms with Crippen LogP contribution in [0.4, 0.5) is 26.6 Å². The fraction of sp³-hybridized carbons (Fsp3) is 0.522. The predicted octanol–water partition coefficient (Wildman–Crippen LogP) is 3.87. The first-order valence-electron chi connectivity index (χ1n) is 11.1. The van der Waals surface area contributed by atoms with Gasteiger partial charge in [0, 0.05) is 31.7 Å². The number of carbonyl (C=O) groups is 1. The van der Waals surface area contributed by atoms with Crippen molar-refractivity contribution >= 4 is 23.5 Å². The maximum absolute atomic E-state index is 14.3. The topological polar surface area (TPSA) is 87.4 Å². The molecule has 2 aliphatic carbocycles. The molecule has 0 saturated heterocycles. The molecule has 2 aromatic rings. The van der Waals surface area contributed by atoms with Gasteiger partial charge < -0.3 is 16.0 Å². The van der Waals surface area contributed by atoms with E-state index in [9.17, 15) is 9.18 Å². The van der Waals surface area contributed by atoms with Crippen LogP contribution in [0.3, 0.4) is 0 Å². The van der Waals surface area contributed by atoms with E-state index >= 15 is 0 Å². The number of nitrogens with zero attached hydrogens (tertiary/aromatic N) is 4. The smallest absolute Gasteiger partial charge is 0.319 e. The van der Waals surface area contributed by atoms with Gasteiger partial charge in [-0.3, -0.25) is 4.90 Å². The van der Waals surface area contributed by atoms with E-state index in [1.54, 1.807) is 18.2 Å². The number of halogens is 1.